The minimum atomic E-state index is -0.521. The first kappa shape index (κ1) is 17.7. The first-order chi connectivity index (χ1) is 13.5. The molecule has 0 aromatic heterocycles. The molecule has 0 radical (unpaired) electrons. The number of allylic oxidation sites excluding steroid dienone is 2. The largest absolute Gasteiger partial charge is 0.496 e. The Morgan fingerprint density at radius 3 is 2.18 bits per heavy atom. The van der Waals surface area contributed by atoms with E-state index in [1.165, 1.54) is 20.1 Å². The molecule has 0 atom stereocenters. The van der Waals surface area contributed by atoms with Crippen LogP contribution in [-0.2, 0) is 4.79 Å². The average Bonchev–Trinajstić information content (AvgIpc) is 2.71. The lowest BCUT2D eigenvalue weighted by Crippen LogP contribution is -2.17. The molecular weight excluding hydrogens is 356 g/mol. The summed E-state index contributed by atoms with van der Waals surface area (Å²) in [6.45, 7) is 1.29. The van der Waals surface area contributed by atoms with Gasteiger partial charge in [0.1, 0.15) is 11.5 Å². The third-order valence-corrected chi connectivity index (χ3v) is 4.67. The number of hydrogen-bond acceptors (Lipinski definition) is 5. The van der Waals surface area contributed by atoms with Crippen LogP contribution in [0.1, 0.15) is 33.2 Å². The summed E-state index contributed by atoms with van der Waals surface area (Å²) in [7, 11) is 1.52. The zero-order chi connectivity index (χ0) is 19.8. The van der Waals surface area contributed by atoms with Crippen LogP contribution < -0.4 is 9.47 Å². The second-order valence-electron chi connectivity index (χ2n) is 6.39. The maximum absolute atomic E-state index is 13.1. The fraction of sp³-hybridized carbons (Fsp3) is 0.0870. The van der Waals surface area contributed by atoms with Crippen molar-refractivity contribution in [3.63, 3.8) is 0 Å². The Labute approximate surface area is 161 Å². The van der Waals surface area contributed by atoms with E-state index >= 15 is 0 Å². The Morgan fingerprint density at radius 1 is 0.857 bits per heavy atom. The molecule has 0 unspecified atom stereocenters. The van der Waals surface area contributed by atoms with Gasteiger partial charge < -0.3 is 9.47 Å². The maximum atomic E-state index is 13.1. The first-order valence-corrected chi connectivity index (χ1v) is 8.69. The Kier molecular flexibility index (Phi) is 4.28. The smallest absolute Gasteiger partial charge is 0.308 e. The van der Waals surface area contributed by atoms with Crippen molar-refractivity contribution in [3.8, 4) is 11.5 Å². The van der Waals surface area contributed by atoms with Gasteiger partial charge in [0.05, 0.1) is 7.11 Å². The number of benzene rings is 3. The van der Waals surface area contributed by atoms with Gasteiger partial charge in [-0.15, -0.1) is 0 Å². The monoisotopic (exact) mass is 372 g/mol. The molecule has 1 aliphatic rings. The van der Waals surface area contributed by atoms with E-state index in [2.05, 4.69) is 0 Å². The van der Waals surface area contributed by atoms with Gasteiger partial charge in [-0.25, -0.2) is 0 Å². The molecule has 0 saturated carbocycles. The van der Waals surface area contributed by atoms with Gasteiger partial charge in [0, 0.05) is 40.0 Å². The summed E-state index contributed by atoms with van der Waals surface area (Å²) >= 11 is 0. The van der Waals surface area contributed by atoms with Gasteiger partial charge in [-0.3, -0.25) is 14.4 Å². The number of hydrogen-bond donors (Lipinski definition) is 0. The molecule has 0 aliphatic heterocycles. The zero-order valence-corrected chi connectivity index (χ0v) is 15.3. The highest BCUT2D eigenvalue weighted by Gasteiger charge is 2.29. The number of Topliss-reactive ketones (excluding diaryl/α,β-unsaturated/α-hetero) is 1. The van der Waals surface area contributed by atoms with Crippen molar-refractivity contribution in [2.75, 3.05) is 7.11 Å². The SMILES string of the molecule is COc1cc(C2=CC(=O)c3ccccc3C2=O)c(OC(C)=O)c2ccccc12. The van der Waals surface area contributed by atoms with Crippen LogP contribution in [0.4, 0.5) is 0 Å². The lowest BCUT2D eigenvalue weighted by Gasteiger charge is -2.19. The summed E-state index contributed by atoms with van der Waals surface area (Å²) in [5, 5.41) is 1.35. The van der Waals surface area contributed by atoms with Crippen LogP contribution in [0.15, 0.2) is 60.7 Å². The highest BCUT2D eigenvalue weighted by molar-refractivity contribution is 6.39. The molecular formula is C23H16O5. The van der Waals surface area contributed by atoms with Crippen LogP contribution in [0.3, 0.4) is 0 Å². The molecule has 3 aromatic carbocycles. The summed E-state index contributed by atoms with van der Waals surface area (Å²) in [5.41, 5.74) is 1.20. The van der Waals surface area contributed by atoms with Crippen molar-refractivity contribution < 1.29 is 23.9 Å². The summed E-state index contributed by atoms with van der Waals surface area (Å²) in [5.74, 6) is -0.351. The highest BCUT2D eigenvalue weighted by Crippen LogP contribution is 2.42. The first-order valence-electron chi connectivity index (χ1n) is 8.69. The van der Waals surface area contributed by atoms with Gasteiger partial charge in [0.15, 0.2) is 11.6 Å². The average molecular weight is 372 g/mol. The summed E-state index contributed by atoms with van der Waals surface area (Å²) in [4.78, 5) is 37.5. The topological polar surface area (TPSA) is 69.7 Å². The molecule has 138 valence electrons. The second kappa shape index (κ2) is 6.78. The molecule has 0 saturated heterocycles. The minimum Gasteiger partial charge on any atom is -0.496 e. The van der Waals surface area contributed by atoms with E-state index in [0.29, 0.717) is 27.8 Å². The molecule has 5 nitrogen and oxygen atoms in total. The Bertz CT molecular complexity index is 1190. The van der Waals surface area contributed by atoms with Crippen LogP contribution >= 0.6 is 0 Å². The van der Waals surface area contributed by atoms with Gasteiger partial charge in [-0.2, -0.15) is 0 Å². The van der Waals surface area contributed by atoms with E-state index in [1.54, 1.807) is 42.5 Å². The molecule has 0 fully saturated rings. The van der Waals surface area contributed by atoms with Gasteiger partial charge >= 0.3 is 5.97 Å². The summed E-state index contributed by atoms with van der Waals surface area (Å²) < 4.78 is 11.0. The molecule has 3 aromatic rings. The van der Waals surface area contributed by atoms with E-state index < -0.39 is 5.97 Å². The fourth-order valence-electron chi connectivity index (χ4n) is 3.45. The van der Waals surface area contributed by atoms with E-state index in [-0.39, 0.29) is 22.9 Å². The third kappa shape index (κ3) is 2.77. The number of carbonyl (C=O) groups excluding carboxylic acids is 3. The van der Waals surface area contributed by atoms with Crippen molar-refractivity contribution >= 4 is 33.9 Å². The number of methoxy groups -OCH3 is 1. The van der Waals surface area contributed by atoms with Gasteiger partial charge in [-0.1, -0.05) is 48.5 Å². The molecule has 0 amide bonds. The zero-order valence-electron chi connectivity index (χ0n) is 15.3. The summed E-state index contributed by atoms with van der Waals surface area (Å²) in [6, 6.07) is 15.6. The maximum Gasteiger partial charge on any atom is 0.308 e. The van der Waals surface area contributed by atoms with Crippen molar-refractivity contribution in [2.45, 2.75) is 6.92 Å². The number of esters is 1. The lowest BCUT2D eigenvalue weighted by molar-refractivity contribution is -0.131. The van der Waals surface area contributed by atoms with E-state index in [9.17, 15) is 14.4 Å². The molecule has 5 heteroatoms. The van der Waals surface area contributed by atoms with Crippen molar-refractivity contribution in [3.05, 3.63) is 77.4 Å². The van der Waals surface area contributed by atoms with Gasteiger partial charge in [-0.05, 0) is 12.1 Å². The van der Waals surface area contributed by atoms with Crippen LogP contribution in [-0.4, -0.2) is 24.6 Å². The van der Waals surface area contributed by atoms with Crippen molar-refractivity contribution in [1.82, 2.24) is 0 Å². The van der Waals surface area contributed by atoms with E-state index in [1.807, 2.05) is 12.1 Å². The van der Waals surface area contributed by atoms with Crippen LogP contribution in [0.25, 0.3) is 16.3 Å². The molecule has 28 heavy (non-hydrogen) atoms. The summed E-state index contributed by atoms with van der Waals surface area (Å²) in [6.07, 6.45) is 1.29. The van der Waals surface area contributed by atoms with E-state index in [0.717, 1.165) is 5.39 Å². The predicted molar refractivity (Wildman–Crippen MR) is 105 cm³/mol. The third-order valence-electron chi connectivity index (χ3n) is 4.67. The molecule has 0 heterocycles. The Morgan fingerprint density at radius 2 is 1.50 bits per heavy atom. The molecule has 0 spiro atoms. The van der Waals surface area contributed by atoms with Gasteiger partial charge in [0.25, 0.3) is 0 Å². The highest BCUT2D eigenvalue weighted by atomic mass is 16.5. The normalized spacial score (nSPS) is 13.1. The number of ether oxygens (including phenoxy) is 2. The Hall–Kier alpha value is -3.73. The van der Waals surface area contributed by atoms with Crippen LogP contribution in [0.2, 0.25) is 0 Å². The van der Waals surface area contributed by atoms with Crippen LogP contribution in [0, 0.1) is 0 Å². The van der Waals surface area contributed by atoms with E-state index in [4.69, 9.17) is 9.47 Å². The number of ketones is 2. The molecule has 0 N–H and O–H groups in total. The van der Waals surface area contributed by atoms with Crippen LogP contribution in [0.5, 0.6) is 11.5 Å². The molecule has 4 rings (SSSR count). The van der Waals surface area contributed by atoms with Gasteiger partial charge in [0.2, 0.25) is 0 Å². The Balaban J connectivity index is 2.02. The number of fused-ring (bicyclic) bond motifs is 2. The standard InChI is InChI=1S/C23H16O5/c1-13(24)28-23-17-10-6-4-8-15(17)21(27-2)12-19(23)18-11-20(25)14-7-3-5-9-16(14)22(18)26/h3-12H,1-2H3. The lowest BCUT2D eigenvalue weighted by atomic mass is 9.85. The van der Waals surface area contributed by atoms with Crippen molar-refractivity contribution in [1.29, 1.82) is 0 Å². The van der Waals surface area contributed by atoms with Crippen molar-refractivity contribution in [2.24, 2.45) is 0 Å². The number of carbonyl (C=O) groups is 3. The minimum absolute atomic E-state index is 0.170. The number of rotatable bonds is 3. The molecule has 1 aliphatic carbocycles. The predicted octanol–water partition coefficient (Wildman–Crippen LogP) is 4.24. The fourth-order valence-corrected chi connectivity index (χ4v) is 3.45. The molecule has 0 bridgehead atoms. The quantitative estimate of drug-likeness (QED) is 0.508. The second-order valence-corrected chi connectivity index (χ2v) is 6.39.